The predicted molar refractivity (Wildman–Crippen MR) is 67.8 cm³/mol. The molecule has 90 valence electrons. The quantitative estimate of drug-likeness (QED) is 0.778. The minimum absolute atomic E-state index is 0.524. The molecular weight excluding hydrogens is 202 g/mol. The molecule has 1 rings (SSSR count). The van der Waals surface area contributed by atoms with Gasteiger partial charge in [-0.15, -0.1) is 0 Å². The van der Waals surface area contributed by atoms with Crippen LogP contribution >= 0.6 is 0 Å². The normalized spacial score (nSPS) is 10.5. The van der Waals surface area contributed by atoms with Gasteiger partial charge in [-0.3, -0.25) is 0 Å². The van der Waals surface area contributed by atoms with Crippen molar-refractivity contribution in [3.05, 3.63) is 12.1 Å². The Kier molecular flexibility index (Phi) is 4.89. The van der Waals surface area contributed by atoms with Gasteiger partial charge in [-0.1, -0.05) is 20.8 Å². The van der Waals surface area contributed by atoms with Gasteiger partial charge >= 0.3 is 0 Å². The van der Waals surface area contributed by atoms with E-state index < -0.39 is 0 Å². The third-order valence-corrected chi connectivity index (χ3v) is 2.02. The number of anilines is 2. The number of nitrogen functional groups attached to an aromatic ring is 1. The molecule has 0 aliphatic carbocycles. The standard InChI is InChI=1S/C12H21N3O/c1-4-7-16-12-10(13)5-6-11(15-12)14-8-9(2)3/h5-6,9H,4,7-8,13H2,1-3H3,(H,14,15). The first-order chi connectivity index (χ1) is 7.63. The van der Waals surface area contributed by atoms with Crippen molar-refractivity contribution in [3.8, 4) is 5.88 Å². The Labute approximate surface area is 97.2 Å². The van der Waals surface area contributed by atoms with E-state index in [-0.39, 0.29) is 0 Å². The van der Waals surface area contributed by atoms with Crippen LogP contribution in [0.15, 0.2) is 12.1 Å². The fraction of sp³-hybridized carbons (Fsp3) is 0.583. The highest BCUT2D eigenvalue weighted by Gasteiger charge is 2.04. The third kappa shape index (κ3) is 3.96. The minimum Gasteiger partial charge on any atom is -0.476 e. The highest BCUT2D eigenvalue weighted by molar-refractivity contribution is 5.53. The summed E-state index contributed by atoms with van der Waals surface area (Å²) >= 11 is 0. The lowest BCUT2D eigenvalue weighted by Crippen LogP contribution is -2.10. The average molecular weight is 223 g/mol. The Morgan fingerprint density at radius 2 is 2.19 bits per heavy atom. The van der Waals surface area contributed by atoms with Crippen molar-refractivity contribution in [2.24, 2.45) is 5.92 Å². The predicted octanol–water partition coefficient (Wildman–Crippen LogP) is 2.52. The molecule has 0 saturated heterocycles. The molecular formula is C12H21N3O. The van der Waals surface area contributed by atoms with Crippen LogP contribution in [0, 0.1) is 5.92 Å². The summed E-state index contributed by atoms with van der Waals surface area (Å²) in [7, 11) is 0. The van der Waals surface area contributed by atoms with E-state index in [1.807, 2.05) is 12.1 Å². The molecule has 16 heavy (non-hydrogen) atoms. The number of nitrogens with one attached hydrogen (secondary N) is 1. The SMILES string of the molecule is CCCOc1nc(NCC(C)C)ccc1N. The van der Waals surface area contributed by atoms with Crippen LogP contribution in [0.3, 0.4) is 0 Å². The van der Waals surface area contributed by atoms with Gasteiger partial charge in [0.1, 0.15) is 5.82 Å². The lowest BCUT2D eigenvalue weighted by Gasteiger charge is -2.11. The maximum Gasteiger partial charge on any atom is 0.239 e. The molecule has 0 aromatic carbocycles. The number of aromatic nitrogens is 1. The Balaban J connectivity index is 2.65. The smallest absolute Gasteiger partial charge is 0.239 e. The molecule has 0 unspecified atom stereocenters. The van der Waals surface area contributed by atoms with Gasteiger partial charge < -0.3 is 15.8 Å². The molecule has 0 spiro atoms. The monoisotopic (exact) mass is 223 g/mol. The maximum absolute atomic E-state index is 5.77. The van der Waals surface area contributed by atoms with E-state index in [1.165, 1.54) is 0 Å². The summed E-state index contributed by atoms with van der Waals surface area (Å²) in [5, 5.41) is 3.24. The molecule has 0 fully saturated rings. The fourth-order valence-electron chi connectivity index (χ4n) is 1.17. The lowest BCUT2D eigenvalue weighted by atomic mass is 10.2. The highest BCUT2D eigenvalue weighted by Crippen LogP contribution is 2.21. The fourth-order valence-corrected chi connectivity index (χ4v) is 1.17. The van der Waals surface area contributed by atoms with Crippen LogP contribution in [0.1, 0.15) is 27.2 Å². The van der Waals surface area contributed by atoms with Crippen LogP contribution < -0.4 is 15.8 Å². The zero-order valence-electron chi connectivity index (χ0n) is 10.3. The van der Waals surface area contributed by atoms with Crippen molar-refractivity contribution < 1.29 is 4.74 Å². The third-order valence-electron chi connectivity index (χ3n) is 2.02. The van der Waals surface area contributed by atoms with Crippen molar-refractivity contribution in [1.82, 2.24) is 4.98 Å². The number of nitrogens with zero attached hydrogens (tertiary/aromatic N) is 1. The summed E-state index contributed by atoms with van der Waals surface area (Å²) in [4.78, 5) is 4.32. The maximum atomic E-state index is 5.77. The second-order valence-corrected chi connectivity index (χ2v) is 4.21. The second kappa shape index (κ2) is 6.20. The van der Waals surface area contributed by atoms with Gasteiger partial charge in [0.25, 0.3) is 0 Å². The first kappa shape index (κ1) is 12.6. The number of nitrogens with two attached hydrogens (primary N) is 1. The van der Waals surface area contributed by atoms with Crippen LogP contribution in [0.2, 0.25) is 0 Å². The summed E-state index contributed by atoms with van der Waals surface area (Å²) in [5.74, 6) is 1.92. The number of hydrogen-bond acceptors (Lipinski definition) is 4. The Morgan fingerprint density at radius 1 is 1.44 bits per heavy atom. The minimum atomic E-state index is 0.524. The average Bonchev–Trinajstić information content (AvgIpc) is 2.26. The van der Waals surface area contributed by atoms with Crippen LogP contribution in [-0.2, 0) is 0 Å². The van der Waals surface area contributed by atoms with Gasteiger partial charge in [-0.05, 0) is 24.5 Å². The zero-order chi connectivity index (χ0) is 12.0. The summed E-state index contributed by atoms with van der Waals surface area (Å²) in [5.41, 5.74) is 6.36. The lowest BCUT2D eigenvalue weighted by molar-refractivity contribution is 0.307. The van der Waals surface area contributed by atoms with Gasteiger partial charge in [-0.2, -0.15) is 4.98 Å². The van der Waals surface area contributed by atoms with Crippen molar-refractivity contribution >= 4 is 11.5 Å². The molecule has 3 N–H and O–H groups in total. The summed E-state index contributed by atoms with van der Waals surface area (Å²) in [6.07, 6.45) is 0.949. The van der Waals surface area contributed by atoms with Crippen LogP contribution in [0.4, 0.5) is 11.5 Å². The number of pyridine rings is 1. The molecule has 1 heterocycles. The topological polar surface area (TPSA) is 60.2 Å². The first-order valence-electron chi connectivity index (χ1n) is 5.76. The van der Waals surface area contributed by atoms with E-state index >= 15 is 0 Å². The van der Waals surface area contributed by atoms with Gasteiger partial charge in [0.05, 0.1) is 12.3 Å². The van der Waals surface area contributed by atoms with E-state index in [1.54, 1.807) is 0 Å². The number of rotatable bonds is 6. The zero-order valence-corrected chi connectivity index (χ0v) is 10.3. The van der Waals surface area contributed by atoms with Crippen LogP contribution in [-0.4, -0.2) is 18.1 Å². The van der Waals surface area contributed by atoms with E-state index in [4.69, 9.17) is 10.5 Å². The number of hydrogen-bond donors (Lipinski definition) is 2. The van der Waals surface area contributed by atoms with Gasteiger partial charge in [0, 0.05) is 6.54 Å². The summed E-state index contributed by atoms with van der Waals surface area (Å²) in [6, 6.07) is 3.69. The Hall–Kier alpha value is -1.45. The van der Waals surface area contributed by atoms with Crippen molar-refractivity contribution in [2.75, 3.05) is 24.2 Å². The van der Waals surface area contributed by atoms with E-state index in [0.29, 0.717) is 24.1 Å². The van der Waals surface area contributed by atoms with E-state index in [0.717, 1.165) is 18.8 Å². The van der Waals surface area contributed by atoms with Crippen LogP contribution in [0.5, 0.6) is 5.88 Å². The van der Waals surface area contributed by atoms with Crippen molar-refractivity contribution in [3.63, 3.8) is 0 Å². The molecule has 1 aromatic rings. The Bertz CT molecular complexity index is 326. The molecule has 4 heteroatoms. The summed E-state index contributed by atoms with van der Waals surface area (Å²) < 4.78 is 5.46. The van der Waals surface area contributed by atoms with Gasteiger partial charge in [0.15, 0.2) is 0 Å². The van der Waals surface area contributed by atoms with Gasteiger partial charge in [-0.25, -0.2) is 0 Å². The number of ether oxygens (including phenoxy) is 1. The molecule has 1 aromatic heterocycles. The molecule has 0 bridgehead atoms. The highest BCUT2D eigenvalue weighted by atomic mass is 16.5. The van der Waals surface area contributed by atoms with Gasteiger partial charge in [0.2, 0.25) is 5.88 Å². The van der Waals surface area contributed by atoms with Crippen molar-refractivity contribution in [2.45, 2.75) is 27.2 Å². The molecule has 0 radical (unpaired) electrons. The van der Waals surface area contributed by atoms with E-state index in [9.17, 15) is 0 Å². The van der Waals surface area contributed by atoms with Crippen molar-refractivity contribution in [1.29, 1.82) is 0 Å². The molecule has 0 saturated carbocycles. The largest absolute Gasteiger partial charge is 0.476 e. The first-order valence-corrected chi connectivity index (χ1v) is 5.76. The molecule has 4 nitrogen and oxygen atoms in total. The second-order valence-electron chi connectivity index (χ2n) is 4.21. The summed E-state index contributed by atoms with van der Waals surface area (Å²) in [6.45, 7) is 7.89. The molecule has 0 atom stereocenters. The molecule has 0 aliphatic heterocycles. The molecule has 0 aliphatic rings. The molecule has 0 amide bonds. The van der Waals surface area contributed by atoms with E-state index in [2.05, 4.69) is 31.1 Å². The Morgan fingerprint density at radius 3 is 2.81 bits per heavy atom. The van der Waals surface area contributed by atoms with Crippen LogP contribution in [0.25, 0.3) is 0 Å².